The molecule has 0 aromatic heterocycles. The molecule has 0 radical (unpaired) electrons. The Morgan fingerprint density at radius 3 is 1.33 bits per heavy atom. The van der Waals surface area contributed by atoms with Gasteiger partial charge in [0.05, 0.1) is 22.4 Å². The predicted octanol–water partition coefficient (Wildman–Crippen LogP) is 4.73. The van der Waals surface area contributed by atoms with Crippen LogP contribution in [0, 0.1) is 0 Å². The fourth-order valence-electron chi connectivity index (χ4n) is 3.35. The molecule has 4 nitrogen and oxygen atoms in total. The van der Waals surface area contributed by atoms with Crippen molar-refractivity contribution >= 4 is 14.2 Å². The Morgan fingerprint density at radius 1 is 0.667 bits per heavy atom. The zero-order valence-electron chi connectivity index (χ0n) is 17.4. The summed E-state index contributed by atoms with van der Waals surface area (Å²) < 4.78 is 25.2. The van der Waals surface area contributed by atoms with Gasteiger partial charge < -0.3 is 18.6 Å². The van der Waals surface area contributed by atoms with E-state index in [-0.39, 0.29) is 48.3 Å². The summed E-state index contributed by atoms with van der Waals surface area (Å²) >= 11 is 0. The van der Waals surface area contributed by atoms with E-state index < -0.39 is 0 Å². The van der Waals surface area contributed by atoms with Gasteiger partial charge in [-0.2, -0.15) is 0 Å². The molecule has 0 bridgehead atoms. The summed E-state index contributed by atoms with van der Waals surface area (Å²) in [5.41, 5.74) is -1.23. The van der Waals surface area contributed by atoms with Gasteiger partial charge in [0.15, 0.2) is 0 Å². The van der Waals surface area contributed by atoms with Crippen molar-refractivity contribution in [3.8, 4) is 0 Å². The Morgan fingerprint density at radius 2 is 1.00 bits per heavy atom. The van der Waals surface area contributed by atoms with E-state index >= 15 is 0 Å². The van der Waals surface area contributed by atoms with E-state index in [0.717, 1.165) is 12.8 Å². The molecule has 0 aliphatic carbocycles. The van der Waals surface area contributed by atoms with E-state index in [1.165, 1.54) is 0 Å². The molecule has 6 heteroatoms. The van der Waals surface area contributed by atoms with Gasteiger partial charge >= 0.3 is 14.2 Å². The largest absolute Gasteiger partial charge is 0.460 e. The van der Waals surface area contributed by atoms with Gasteiger partial charge in [-0.15, -0.1) is 0 Å². The van der Waals surface area contributed by atoms with Crippen LogP contribution in [-0.4, -0.2) is 36.6 Å². The van der Waals surface area contributed by atoms with Crippen LogP contribution in [0.1, 0.15) is 82.1 Å². The van der Waals surface area contributed by atoms with Crippen molar-refractivity contribution in [1.29, 1.82) is 0 Å². The van der Waals surface area contributed by atoms with Crippen molar-refractivity contribution in [2.75, 3.05) is 0 Å². The smallest absolute Gasteiger partial charge is 0.403 e. The Hall–Kier alpha value is -0.0301. The first-order chi connectivity index (χ1) is 10.7. The minimum absolute atomic E-state index is 0.195. The van der Waals surface area contributed by atoms with Crippen LogP contribution in [0.2, 0.25) is 11.6 Å². The van der Waals surface area contributed by atoms with Crippen LogP contribution >= 0.6 is 0 Å². The van der Waals surface area contributed by atoms with Crippen LogP contribution in [0.4, 0.5) is 0 Å². The molecule has 138 valence electrons. The van der Waals surface area contributed by atoms with Gasteiger partial charge in [-0.25, -0.2) is 0 Å². The van der Waals surface area contributed by atoms with Crippen molar-refractivity contribution in [2.45, 2.75) is 116 Å². The lowest BCUT2D eigenvalue weighted by atomic mass is 9.52. The molecule has 2 heterocycles. The summed E-state index contributed by atoms with van der Waals surface area (Å²) in [5.74, 6) is 0.437. The Balaban J connectivity index is 2.17. The third-order valence-electron chi connectivity index (χ3n) is 6.62. The molecule has 2 unspecified atom stereocenters. The van der Waals surface area contributed by atoms with Gasteiger partial charge in [-0.05, 0) is 67.0 Å². The second-order valence-electron chi connectivity index (χ2n) is 9.56. The maximum atomic E-state index is 6.33. The molecule has 2 fully saturated rings. The van der Waals surface area contributed by atoms with Crippen LogP contribution < -0.4 is 0 Å². The van der Waals surface area contributed by atoms with Crippen molar-refractivity contribution in [3.05, 3.63) is 0 Å². The maximum Gasteiger partial charge on any atom is 0.460 e. The third kappa shape index (κ3) is 3.44. The first-order valence-electron chi connectivity index (χ1n) is 9.45. The standard InChI is InChI=1S/C18H36B2O4/c1-11-12-14(20-23-17(7,8)18(9,10)24-20)13(2)19-21-15(3,4)16(5,6)22-19/h13-14H,11-12H2,1-10H3. The highest BCUT2D eigenvalue weighted by Gasteiger charge is 2.59. The van der Waals surface area contributed by atoms with Crippen LogP contribution in [0.3, 0.4) is 0 Å². The highest BCUT2D eigenvalue weighted by atomic mass is 16.7. The van der Waals surface area contributed by atoms with Crippen molar-refractivity contribution in [2.24, 2.45) is 0 Å². The van der Waals surface area contributed by atoms with Crippen LogP contribution in [-0.2, 0) is 18.6 Å². The lowest BCUT2D eigenvalue weighted by Gasteiger charge is -2.32. The van der Waals surface area contributed by atoms with Gasteiger partial charge in [0, 0.05) is 0 Å². The zero-order chi connectivity index (χ0) is 18.6. The summed E-state index contributed by atoms with van der Waals surface area (Å²) in [6, 6.07) is 0. The van der Waals surface area contributed by atoms with E-state index in [9.17, 15) is 0 Å². The quantitative estimate of drug-likeness (QED) is 0.679. The first-order valence-corrected chi connectivity index (χ1v) is 9.45. The second kappa shape index (κ2) is 6.29. The molecule has 0 aromatic rings. The molecular weight excluding hydrogens is 302 g/mol. The van der Waals surface area contributed by atoms with E-state index in [2.05, 4.69) is 69.2 Å². The molecule has 2 rings (SSSR count). The maximum absolute atomic E-state index is 6.33. The molecule has 0 N–H and O–H groups in total. The van der Waals surface area contributed by atoms with Crippen LogP contribution in [0.15, 0.2) is 0 Å². The van der Waals surface area contributed by atoms with E-state index in [4.69, 9.17) is 18.6 Å². The Kier molecular flexibility index (Phi) is 5.32. The van der Waals surface area contributed by atoms with Gasteiger partial charge in [0.25, 0.3) is 0 Å². The molecule has 0 saturated carbocycles. The third-order valence-corrected chi connectivity index (χ3v) is 6.62. The van der Waals surface area contributed by atoms with Gasteiger partial charge in [0.1, 0.15) is 0 Å². The van der Waals surface area contributed by atoms with Crippen LogP contribution in [0.25, 0.3) is 0 Å². The normalized spacial score (nSPS) is 29.8. The SMILES string of the molecule is CCCC(B1OC(C)(C)C(C)(C)O1)C(C)B1OC(C)(C)C(C)(C)O1. The fraction of sp³-hybridized carbons (Fsp3) is 1.00. The highest BCUT2D eigenvalue weighted by Crippen LogP contribution is 2.48. The second-order valence-corrected chi connectivity index (χ2v) is 9.56. The van der Waals surface area contributed by atoms with Crippen LogP contribution in [0.5, 0.6) is 0 Å². The van der Waals surface area contributed by atoms with Crippen molar-refractivity contribution < 1.29 is 18.6 Å². The summed E-state index contributed by atoms with van der Waals surface area (Å²) in [6.07, 6.45) is 2.11. The van der Waals surface area contributed by atoms with Crippen molar-refractivity contribution in [3.63, 3.8) is 0 Å². The lowest BCUT2D eigenvalue weighted by molar-refractivity contribution is 0.00578. The zero-order valence-corrected chi connectivity index (χ0v) is 17.4. The first kappa shape index (κ1) is 20.3. The van der Waals surface area contributed by atoms with E-state index in [0.29, 0.717) is 0 Å². The topological polar surface area (TPSA) is 36.9 Å². The molecule has 0 spiro atoms. The minimum Gasteiger partial charge on any atom is -0.403 e. The fourth-order valence-corrected chi connectivity index (χ4v) is 3.35. The van der Waals surface area contributed by atoms with Gasteiger partial charge in [0.2, 0.25) is 0 Å². The molecular formula is C18H36B2O4. The molecule has 2 aliphatic heterocycles. The molecule has 2 aliphatic rings. The number of hydrogen-bond acceptors (Lipinski definition) is 4. The lowest BCUT2D eigenvalue weighted by Crippen LogP contribution is -2.41. The predicted molar refractivity (Wildman–Crippen MR) is 100 cm³/mol. The Labute approximate surface area is 149 Å². The number of hydrogen-bond donors (Lipinski definition) is 0. The summed E-state index contributed by atoms with van der Waals surface area (Å²) in [4.78, 5) is 0. The van der Waals surface area contributed by atoms with Crippen molar-refractivity contribution in [1.82, 2.24) is 0 Å². The molecule has 0 aromatic carbocycles. The average molecular weight is 338 g/mol. The summed E-state index contributed by atoms with van der Waals surface area (Å²) in [6.45, 7) is 21.2. The minimum atomic E-state index is -0.307. The molecule has 2 atom stereocenters. The van der Waals surface area contributed by atoms with Gasteiger partial charge in [-0.3, -0.25) is 0 Å². The Bertz CT molecular complexity index is 430. The summed E-state index contributed by atoms with van der Waals surface area (Å²) in [5, 5.41) is 0. The monoisotopic (exact) mass is 338 g/mol. The molecule has 24 heavy (non-hydrogen) atoms. The summed E-state index contributed by atoms with van der Waals surface area (Å²) in [7, 11) is -0.449. The average Bonchev–Trinajstić information content (AvgIpc) is 2.75. The highest BCUT2D eigenvalue weighted by molar-refractivity contribution is 6.54. The molecule has 2 saturated heterocycles. The number of rotatable bonds is 5. The van der Waals surface area contributed by atoms with E-state index in [1.807, 2.05) is 0 Å². The molecule has 0 amide bonds. The van der Waals surface area contributed by atoms with E-state index in [1.54, 1.807) is 0 Å². The van der Waals surface area contributed by atoms with Gasteiger partial charge in [-0.1, -0.05) is 26.7 Å².